The average molecular weight is 716 g/mol. The third-order valence-electron chi connectivity index (χ3n) is 8.44. The molecule has 2 unspecified atom stereocenters. The molecule has 0 spiro atoms. The van der Waals surface area contributed by atoms with Crippen molar-refractivity contribution in [3.63, 3.8) is 0 Å². The van der Waals surface area contributed by atoms with Gasteiger partial charge in [0.05, 0.1) is 43.0 Å². The molecule has 1 N–H and O–H groups in total. The molecular weight excluding hydrogens is 682 g/mol. The lowest BCUT2D eigenvalue weighted by molar-refractivity contribution is -0.769. The molecule has 0 aliphatic carbocycles. The summed E-state index contributed by atoms with van der Waals surface area (Å²) in [6.45, 7) is 5.04. The van der Waals surface area contributed by atoms with Crippen LogP contribution in [0, 0.1) is 10.1 Å². The van der Waals surface area contributed by atoms with Gasteiger partial charge < -0.3 is 33.3 Å². The molecule has 0 radical (unpaired) electrons. The minimum atomic E-state index is -1.77. The van der Waals surface area contributed by atoms with E-state index >= 15 is 0 Å². The Morgan fingerprint density at radius 3 is 2.42 bits per heavy atom. The molecule has 7 rings (SSSR count). The number of aromatic nitrogens is 6. The molecule has 4 heterocycles. The zero-order valence-corrected chi connectivity index (χ0v) is 28.2. The summed E-state index contributed by atoms with van der Waals surface area (Å²) in [6.07, 6.45) is -4.60. The second kappa shape index (κ2) is 14.2. The molecule has 270 valence electrons. The Morgan fingerprint density at radius 1 is 0.981 bits per heavy atom. The van der Waals surface area contributed by atoms with E-state index in [1.165, 1.54) is 13.8 Å². The number of esters is 1. The first-order valence-corrected chi connectivity index (χ1v) is 16.3. The molecule has 3 aromatic carbocycles. The summed E-state index contributed by atoms with van der Waals surface area (Å²) in [5.74, 6) is -2.08. The highest BCUT2D eigenvalue weighted by Gasteiger charge is 2.51. The minimum absolute atomic E-state index is 0.0906. The largest absolute Gasteiger partial charge is 0.512 e. The number of nitrogens with one attached hydrogen (secondary N) is 1. The molecule has 2 aliphatic rings. The van der Waals surface area contributed by atoms with E-state index in [4.69, 9.17) is 28.4 Å². The number of carbonyl (C=O) groups is 2. The first kappa shape index (κ1) is 34.3. The highest BCUT2D eigenvalue weighted by Crippen LogP contribution is 2.33. The van der Waals surface area contributed by atoms with E-state index in [0.717, 1.165) is 22.3 Å². The topological polar surface area (TPSA) is 214 Å². The maximum absolute atomic E-state index is 13.7. The summed E-state index contributed by atoms with van der Waals surface area (Å²) in [4.78, 5) is 46.5. The van der Waals surface area contributed by atoms with Gasteiger partial charge in [0, 0.05) is 19.4 Å². The average Bonchev–Trinajstić information content (AvgIpc) is 3.92. The fourth-order valence-corrected chi connectivity index (χ4v) is 6.27. The van der Waals surface area contributed by atoms with Crippen molar-refractivity contribution >= 4 is 23.2 Å². The van der Waals surface area contributed by atoms with Crippen LogP contribution >= 0.6 is 0 Å². The van der Waals surface area contributed by atoms with Crippen LogP contribution < -0.4 is 4.74 Å². The van der Waals surface area contributed by atoms with Gasteiger partial charge in [0.2, 0.25) is 5.82 Å². The van der Waals surface area contributed by atoms with Crippen molar-refractivity contribution in [1.29, 1.82) is 0 Å². The van der Waals surface area contributed by atoms with Crippen LogP contribution in [0.5, 0.6) is 6.01 Å². The molecule has 0 amide bonds. The number of para-hydroxylation sites is 1. The van der Waals surface area contributed by atoms with Crippen LogP contribution in [0.1, 0.15) is 36.7 Å². The van der Waals surface area contributed by atoms with Gasteiger partial charge in [-0.25, -0.2) is 9.59 Å². The van der Waals surface area contributed by atoms with Gasteiger partial charge in [-0.15, -0.1) is 20.3 Å². The number of nitrogens with zero attached hydrogens (tertiary/aromatic N) is 6. The van der Waals surface area contributed by atoms with Gasteiger partial charge in [-0.05, 0) is 41.0 Å². The van der Waals surface area contributed by atoms with E-state index in [1.807, 2.05) is 55.5 Å². The summed E-state index contributed by atoms with van der Waals surface area (Å²) in [6, 6.07) is 21.0. The van der Waals surface area contributed by atoms with Crippen LogP contribution in [-0.4, -0.2) is 97.4 Å². The van der Waals surface area contributed by atoms with Crippen LogP contribution in [0.25, 0.3) is 33.5 Å². The molecule has 4 atom stereocenters. The van der Waals surface area contributed by atoms with E-state index in [0.29, 0.717) is 36.0 Å². The molecule has 0 saturated carbocycles. The Bertz CT molecular complexity index is 2090. The Kier molecular flexibility index (Phi) is 9.39. The van der Waals surface area contributed by atoms with Gasteiger partial charge in [-0.3, -0.25) is 4.57 Å². The number of rotatable bonds is 12. The van der Waals surface area contributed by atoms with Crippen LogP contribution in [0.2, 0.25) is 0 Å². The molecule has 2 fully saturated rings. The lowest BCUT2D eigenvalue weighted by Gasteiger charge is -2.26. The van der Waals surface area contributed by atoms with Crippen LogP contribution in [0.3, 0.4) is 0 Å². The van der Waals surface area contributed by atoms with Gasteiger partial charge in [0.15, 0.2) is 12.2 Å². The highest BCUT2D eigenvalue weighted by molar-refractivity contribution is 6.02. The monoisotopic (exact) mass is 715 g/mol. The zero-order chi connectivity index (χ0) is 36.4. The van der Waals surface area contributed by atoms with Gasteiger partial charge >= 0.3 is 12.1 Å². The third kappa shape index (κ3) is 7.06. The van der Waals surface area contributed by atoms with Crippen molar-refractivity contribution in [2.75, 3.05) is 19.8 Å². The first-order chi connectivity index (χ1) is 25.1. The van der Waals surface area contributed by atoms with Crippen molar-refractivity contribution in [2.45, 2.75) is 57.5 Å². The molecule has 5 aromatic rings. The Hall–Kier alpha value is -6.14. The maximum Gasteiger partial charge on any atom is 0.512 e. The summed E-state index contributed by atoms with van der Waals surface area (Å²) < 4.78 is 35.1. The summed E-state index contributed by atoms with van der Waals surface area (Å²) in [5, 5.41) is 24.3. The van der Waals surface area contributed by atoms with Crippen molar-refractivity contribution in [3.05, 3.63) is 88.0 Å². The Balaban J connectivity index is 1.07. The third-order valence-corrected chi connectivity index (χ3v) is 8.44. The Morgan fingerprint density at radius 2 is 1.71 bits per heavy atom. The lowest BCUT2D eigenvalue weighted by atomic mass is 9.98. The van der Waals surface area contributed by atoms with E-state index in [2.05, 4.69) is 30.4 Å². The van der Waals surface area contributed by atoms with Gasteiger partial charge in [0.25, 0.3) is 16.9 Å². The van der Waals surface area contributed by atoms with Crippen molar-refractivity contribution in [1.82, 2.24) is 30.2 Å². The SMILES string of the molecule is CCOc1nc2cccc(C(=O)OC(C)(C)OC(=O)O[C@H]3COC4C3OC[C@H]4O[N+](=O)[O-])c2n1Cc1ccc(-c2ccccc2-c2nn[nH]n2)cc1. The number of tetrazole rings is 1. The molecule has 52 heavy (non-hydrogen) atoms. The number of hydrogen-bond acceptors (Lipinski definition) is 15. The number of carbonyl (C=O) groups excluding carboxylic acids is 2. The quantitative estimate of drug-likeness (QED) is 0.0832. The second-order valence-corrected chi connectivity index (χ2v) is 12.3. The number of benzene rings is 3. The number of ether oxygens (including phenoxy) is 6. The number of fused-ring (bicyclic) bond motifs is 2. The van der Waals surface area contributed by atoms with Crippen molar-refractivity contribution < 1.29 is 47.9 Å². The number of aromatic amines is 1. The maximum atomic E-state index is 13.7. The highest BCUT2D eigenvalue weighted by atomic mass is 17.0. The normalized spacial score (nSPS) is 19.6. The van der Waals surface area contributed by atoms with E-state index in [1.54, 1.807) is 22.8 Å². The molecule has 18 heteroatoms. The predicted octanol–water partition coefficient (Wildman–Crippen LogP) is 4.12. The smallest absolute Gasteiger partial charge is 0.465 e. The summed E-state index contributed by atoms with van der Waals surface area (Å²) in [5.41, 5.74) is 4.72. The minimum Gasteiger partial charge on any atom is -0.465 e. The van der Waals surface area contributed by atoms with E-state index in [-0.39, 0.29) is 18.8 Å². The van der Waals surface area contributed by atoms with Crippen molar-refractivity contribution in [3.8, 4) is 28.5 Å². The van der Waals surface area contributed by atoms with Gasteiger partial charge in [0.1, 0.15) is 12.2 Å². The standard InChI is InChI=1S/C34H33N7O11/c1-4-46-32-35-24-11-7-10-23(31(42)50-34(2,3)51-33(43)49-25-17-47-29-26(52-41(44)45)18-48-28(25)29)27(24)40(32)16-19-12-14-20(15-13-19)21-8-5-6-9-22(21)30-36-38-39-37-30/h5-15,25-26,28-29H,4,16-18H2,1-3H3,(H,36,37,38,39)/t25-,26+,28?,29?/m0/s1. The molecule has 2 saturated heterocycles. The van der Waals surface area contributed by atoms with Gasteiger partial charge in [-0.2, -0.15) is 10.2 Å². The lowest BCUT2D eigenvalue weighted by Crippen LogP contribution is -2.39. The predicted molar refractivity (Wildman–Crippen MR) is 177 cm³/mol. The summed E-state index contributed by atoms with van der Waals surface area (Å²) >= 11 is 0. The number of imidazole rings is 1. The molecule has 18 nitrogen and oxygen atoms in total. The van der Waals surface area contributed by atoms with Crippen LogP contribution in [-0.2, 0) is 35.1 Å². The molecular formula is C34H33N7O11. The summed E-state index contributed by atoms with van der Waals surface area (Å²) in [7, 11) is 0. The van der Waals surface area contributed by atoms with E-state index < -0.39 is 47.4 Å². The molecule has 0 bridgehead atoms. The van der Waals surface area contributed by atoms with Gasteiger partial charge in [-0.1, -0.05) is 54.6 Å². The molecule has 2 aromatic heterocycles. The zero-order valence-electron chi connectivity index (χ0n) is 28.2. The fraction of sp³-hybridized carbons (Fsp3) is 0.353. The second-order valence-electron chi connectivity index (χ2n) is 12.3. The van der Waals surface area contributed by atoms with Crippen molar-refractivity contribution in [2.24, 2.45) is 0 Å². The fourth-order valence-electron chi connectivity index (χ4n) is 6.27. The molecule has 2 aliphatic heterocycles. The Labute approximate surface area is 295 Å². The van der Waals surface area contributed by atoms with Crippen LogP contribution in [0.15, 0.2) is 66.7 Å². The van der Waals surface area contributed by atoms with Crippen LogP contribution in [0.4, 0.5) is 4.79 Å². The number of H-pyrrole nitrogens is 1. The van der Waals surface area contributed by atoms with E-state index in [9.17, 15) is 19.7 Å². The first-order valence-electron chi connectivity index (χ1n) is 16.3. The number of hydrogen-bond donors (Lipinski definition) is 1.